The van der Waals surface area contributed by atoms with Crippen molar-refractivity contribution in [2.24, 2.45) is 0 Å². The molecule has 1 aromatic carbocycles. The van der Waals surface area contributed by atoms with Gasteiger partial charge in [0, 0.05) is 17.7 Å². The van der Waals surface area contributed by atoms with Crippen LogP contribution in [0.4, 0.5) is 0 Å². The molecule has 0 fully saturated rings. The Balaban J connectivity index is 1.72. The molecule has 0 spiro atoms. The first-order chi connectivity index (χ1) is 10.2. The molecule has 0 unspecified atom stereocenters. The molecule has 1 aromatic heterocycles. The highest BCUT2D eigenvalue weighted by molar-refractivity contribution is 6.02. The maximum Gasteiger partial charge on any atom is 0.176 e. The lowest BCUT2D eigenvalue weighted by molar-refractivity contribution is -0.115. The van der Waals surface area contributed by atoms with Crippen LogP contribution in [-0.2, 0) is 4.79 Å². The van der Waals surface area contributed by atoms with E-state index in [1.54, 1.807) is 24.4 Å². The number of carbonyl (C=O) groups excluding carboxylic acids is 2. The fourth-order valence-electron chi connectivity index (χ4n) is 2.37. The molecule has 21 heavy (non-hydrogen) atoms. The van der Waals surface area contributed by atoms with Crippen LogP contribution in [0.15, 0.2) is 53.4 Å². The molecule has 0 saturated carbocycles. The van der Waals surface area contributed by atoms with Gasteiger partial charge in [-0.15, -0.1) is 0 Å². The van der Waals surface area contributed by atoms with Crippen molar-refractivity contribution < 1.29 is 14.1 Å². The molecule has 5 heteroatoms. The second-order valence-electron chi connectivity index (χ2n) is 4.98. The molecule has 0 saturated heterocycles. The SMILES string of the molecule is O=C1C=C(c2cnoc2)CN(CC(=O)c2ccccc2)C1. The Bertz CT molecular complexity index is 675. The Morgan fingerprint density at radius 2 is 2.05 bits per heavy atom. The standard InChI is InChI=1S/C16H14N2O3/c19-15-6-13(14-7-17-21-11-14)8-18(9-15)10-16(20)12-4-2-1-3-5-12/h1-7,11H,8-10H2. The van der Waals surface area contributed by atoms with Crippen LogP contribution in [0.25, 0.3) is 5.57 Å². The largest absolute Gasteiger partial charge is 0.364 e. The van der Waals surface area contributed by atoms with Crippen LogP contribution >= 0.6 is 0 Å². The van der Waals surface area contributed by atoms with Gasteiger partial charge < -0.3 is 4.52 Å². The van der Waals surface area contributed by atoms with Gasteiger partial charge in [0.05, 0.1) is 19.3 Å². The smallest absolute Gasteiger partial charge is 0.176 e. The summed E-state index contributed by atoms with van der Waals surface area (Å²) in [4.78, 5) is 25.9. The second-order valence-corrected chi connectivity index (χ2v) is 4.98. The Labute approximate surface area is 121 Å². The highest BCUT2D eigenvalue weighted by atomic mass is 16.5. The number of carbonyl (C=O) groups is 2. The molecule has 0 bridgehead atoms. The maximum atomic E-state index is 12.2. The van der Waals surface area contributed by atoms with Crippen molar-refractivity contribution in [3.05, 3.63) is 60.0 Å². The van der Waals surface area contributed by atoms with Crippen molar-refractivity contribution in [1.29, 1.82) is 0 Å². The first-order valence-electron chi connectivity index (χ1n) is 6.66. The number of ketones is 2. The minimum Gasteiger partial charge on any atom is -0.364 e. The highest BCUT2D eigenvalue weighted by Crippen LogP contribution is 2.19. The Morgan fingerprint density at radius 1 is 1.24 bits per heavy atom. The average molecular weight is 282 g/mol. The van der Waals surface area contributed by atoms with Crippen LogP contribution in [0.2, 0.25) is 0 Å². The van der Waals surface area contributed by atoms with Gasteiger partial charge >= 0.3 is 0 Å². The molecule has 0 atom stereocenters. The van der Waals surface area contributed by atoms with Crippen molar-refractivity contribution in [1.82, 2.24) is 10.1 Å². The van der Waals surface area contributed by atoms with Crippen LogP contribution in [0.1, 0.15) is 15.9 Å². The van der Waals surface area contributed by atoms with Gasteiger partial charge in [0.2, 0.25) is 0 Å². The molecule has 1 aliphatic rings. The van der Waals surface area contributed by atoms with Crippen LogP contribution in [0.3, 0.4) is 0 Å². The Kier molecular flexibility index (Phi) is 3.75. The molecular formula is C16H14N2O3. The zero-order chi connectivity index (χ0) is 14.7. The molecule has 2 aromatic rings. The number of hydrogen-bond donors (Lipinski definition) is 0. The van der Waals surface area contributed by atoms with Gasteiger partial charge in [0.25, 0.3) is 0 Å². The summed E-state index contributed by atoms with van der Waals surface area (Å²) in [5.41, 5.74) is 2.26. The van der Waals surface area contributed by atoms with E-state index in [1.807, 2.05) is 23.1 Å². The molecule has 0 N–H and O–H groups in total. The third-order valence-electron chi connectivity index (χ3n) is 3.37. The third-order valence-corrected chi connectivity index (χ3v) is 3.37. The van der Waals surface area contributed by atoms with Gasteiger partial charge in [-0.2, -0.15) is 0 Å². The lowest BCUT2D eigenvalue weighted by Crippen LogP contribution is -2.38. The van der Waals surface area contributed by atoms with Crippen molar-refractivity contribution in [3.8, 4) is 0 Å². The predicted octanol–water partition coefficient (Wildman–Crippen LogP) is 1.83. The van der Waals surface area contributed by atoms with Crippen LogP contribution in [0.5, 0.6) is 0 Å². The van der Waals surface area contributed by atoms with Gasteiger partial charge in [-0.1, -0.05) is 35.5 Å². The molecule has 1 aliphatic heterocycles. The van der Waals surface area contributed by atoms with Gasteiger partial charge in [-0.05, 0) is 11.6 Å². The van der Waals surface area contributed by atoms with E-state index < -0.39 is 0 Å². The lowest BCUT2D eigenvalue weighted by atomic mass is 10.0. The molecule has 0 radical (unpaired) electrons. The monoisotopic (exact) mass is 282 g/mol. The summed E-state index contributed by atoms with van der Waals surface area (Å²) in [6.07, 6.45) is 4.67. The van der Waals surface area contributed by atoms with E-state index >= 15 is 0 Å². The van der Waals surface area contributed by atoms with Crippen molar-refractivity contribution >= 4 is 17.1 Å². The fraction of sp³-hybridized carbons (Fsp3) is 0.188. The molecule has 3 rings (SSSR count). The van der Waals surface area contributed by atoms with Gasteiger partial charge in [-0.3, -0.25) is 14.5 Å². The fourth-order valence-corrected chi connectivity index (χ4v) is 2.37. The number of rotatable bonds is 4. The zero-order valence-electron chi connectivity index (χ0n) is 11.4. The van der Waals surface area contributed by atoms with Crippen molar-refractivity contribution in [3.63, 3.8) is 0 Å². The number of aromatic nitrogens is 1. The first-order valence-corrected chi connectivity index (χ1v) is 6.66. The third kappa shape index (κ3) is 3.14. The van der Waals surface area contributed by atoms with E-state index in [9.17, 15) is 9.59 Å². The summed E-state index contributed by atoms with van der Waals surface area (Å²) in [5, 5.41) is 3.64. The van der Waals surface area contributed by atoms with E-state index in [1.165, 1.54) is 6.26 Å². The van der Waals surface area contributed by atoms with Crippen molar-refractivity contribution in [2.75, 3.05) is 19.6 Å². The zero-order valence-corrected chi connectivity index (χ0v) is 11.4. The van der Waals surface area contributed by atoms with Crippen LogP contribution in [0, 0.1) is 0 Å². The minimum absolute atomic E-state index is 0.00923. The average Bonchev–Trinajstić information content (AvgIpc) is 3.02. The first kappa shape index (κ1) is 13.5. The van der Waals surface area contributed by atoms with Gasteiger partial charge in [0.1, 0.15) is 6.26 Å². The molecule has 0 aliphatic carbocycles. The number of Topliss-reactive ketones (excluding diaryl/α,β-unsaturated/α-hetero) is 1. The quantitative estimate of drug-likeness (QED) is 0.800. The summed E-state index contributed by atoms with van der Waals surface area (Å²) in [5.74, 6) is -0.00622. The number of nitrogens with zero attached hydrogens (tertiary/aromatic N) is 2. The normalized spacial score (nSPS) is 15.8. The second kappa shape index (κ2) is 5.85. The highest BCUT2D eigenvalue weighted by Gasteiger charge is 2.22. The Morgan fingerprint density at radius 3 is 2.76 bits per heavy atom. The lowest BCUT2D eigenvalue weighted by Gasteiger charge is -2.25. The van der Waals surface area contributed by atoms with E-state index in [4.69, 9.17) is 4.52 Å². The number of hydrogen-bond acceptors (Lipinski definition) is 5. The predicted molar refractivity (Wildman–Crippen MR) is 76.7 cm³/mol. The van der Waals surface area contributed by atoms with Gasteiger partial charge in [-0.25, -0.2) is 0 Å². The van der Waals surface area contributed by atoms with E-state index in [-0.39, 0.29) is 24.7 Å². The van der Waals surface area contributed by atoms with Crippen LogP contribution < -0.4 is 0 Å². The van der Waals surface area contributed by atoms with Crippen LogP contribution in [-0.4, -0.2) is 41.3 Å². The summed E-state index contributed by atoms with van der Waals surface area (Å²) in [6.45, 7) is 1.01. The molecule has 106 valence electrons. The maximum absolute atomic E-state index is 12.2. The Hall–Kier alpha value is -2.53. The molecule has 0 amide bonds. The molecule has 5 nitrogen and oxygen atoms in total. The van der Waals surface area contributed by atoms with E-state index in [2.05, 4.69) is 5.16 Å². The van der Waals surface area contributed by atoms with E-state index in [0.29, 0.717) is 12.1 Å². The minimum atomic E-state index is -0.0155. The topological polar surface area (TPSA) is 63.4 Å². The molecular weight excluding hydrogens is 268 g/mol. The summed E-state index contributed by atoms with van der Waals surface area (Å²) in [7, 11) is 0. The summed E-state index contributed by atoms with van der Waals surface area (Å²) in [6, 6.07) is 9.10. The number of benzene rings is 1. The summed E-state index contributed by atoms with van der Waals surface area (Å²) < 4.78 is 4.80. The van der Waals surface area contributed by atoms with E-state index in [0.717, 1.165) is 11.1 Å². The summed E-state index contributed by atoms with van der Waals surface area (Å²) >= 11 is 0. The van der Waals surface area contributed by atoms with Crippen molar-refractivity contribution in [2.45, 2.75) is 0 Å². The molecule has 2 heterocycles. The van der Waals surface area contributed by atoms with Gasteiger partial charge in [0.15, 0.2) is 11.6 Å².